The highest BCUT2D eigenvalue weighted by Gasteiger charge is 2.31. The maximum Gasteiger partial charge on any atom is 0.417 e. The largest absolute Gasteiger partial charge is 0.459 e. The minimum Gasteiger partial charge on any atom is -0.459 e. The third-order valence-electron chi connectivity index (χ3n) is 3.89. The van der Waals surface area contributed by atoms with Gasteiger partial charge in [-0.2, -0.15) is 13.2 Å². The summed E-state index contributed by atoms with van der Waals surface area (Å²) in [7, 11) is 0. The molecule has 0 atom stereocenters. The van der Waals surface area contributed by atoms with Crippen molar-refractivity contribution in [3.05, 3.63) is 65.2 Å². The molecule has 0 fully saturated rings. The quantitative estimate of drug-likeness (QED) is 0.493. The number of aromatic amines is 1. The number of rotatable bonds is 3. The Hall–Kier alpha value is -3.33. The van der Waals surface area contributed by atoms with Crippen molar-refractivity contribution < 1.29 is 22.4 Å². The van der Waals surface area contributed by atoms with Crippen LogP contribution in [0.3, 0.4) is 0 Å². The summed E-state index contributed by atoms with van der Waals surface area (Å²) in [6, 6.07) is 8.68. The first-order valence-electron chi connectivity index (χ1n) is 7.89. The van der Waals surface area contributed by atoms with E-state index in [0.29, 0.717) is 22.5 Å². The number of imidazole rings is 1. The van der Waals surface area contributed by atoms with E-state index in [1.807, 2.05) is 0 Å². The van der Waals surface area contributed by atoms with E-state index in [4.69, 9.17) is 16.0 Å². The van der Waals surface area contributed by atoms with E-state index < -0.39 is 17.6 Å². The number of hydrogen-bond donors (Lipinski definition) is 2. The Morgan fingerprint density at radius 2 is 2.04 bits per heavy atom. The Labute approximate surface area is 160 Å². The van der Waals surface area contributed by atoms with Gasteiger partial charge in [-0.05, 0) is 36.4 Å². The lowest BCUT2D eigenvalue weighted by Crippen LogP contribution is -2.10. The maximum absolute atomic E-state index is 12.9. The minimum absolute atomic E-state index is 0.115. The maximum atomic E-state index is 12.9. The van der Waals surface area contributed by atoms with Crippen molar-refractivity contribution in [2.45, 2.75) is 6.18 Å². The molecule has 142 valence electrons. The van der Waals surface area contributed by atoms with Crippen LogP contribution in [0.5, 0.6) is 0 Å². The molecule has 4 aromatic rings. The highest BCUT2D eigenvalue weighted by atomic mass is 35.5. The number of anilines is 1. The molecule has 0 aliphatic carbocycles. The van der Waals surface area contributed by atoms with Gasteiger partial charge in [-0.3, -0.25) is 4.79 Å². The topological polar surface area (TPSA) is 83.8 Å². The second-order valence-corrected chi connectivity index (χ2v) is 6.21. The van der Waals surface area contributed by atoms with E-state index in [1.54, 1.807) is 18.2 Å². The van der Waals surface area contributed by atoms with E-state index in [9.17, 15) is 18.0 Å². The van der Waals surface area contributed by atoms with Gasteiger partial charge in [0.2, 0.25) is 0 Å². The number of carbonyl (C=O) groups is 1. The number of H-pyrrole nitrogens is 1. The second kappa shape index (κ2) is 6.68. The number of nitrogens with one attached hydrogen (secondary N) is 2. The highest BCUT2D eigenvalue weighted by Crippen LogP contribution is 2.33. The van der Waals surface area contributed by atoms with Gasteiger partial charge in [-0.1, -0.05) is 11.6 Å². The molecule has 0 spiro atoms. The lowest BCUT2D eigenvalue weighted by atomic mass is 10.2. The van der Waals surface area contributed by atoms with Gasteiger partial charge in [-0.25, -0.2) is 9.97 Å². The number of nitrogens with zero attached hydrogens (tertiary/aromatic N) is 2. The van der Waals surface area contributed by atoms with E-state index in [2.05, 4.69) is 20.3 Å². The summed E-state index contributed by atoms with van der Waals surface area (Å²) in [5.41, 5.74) is 0.145. The average molecular weight is 407 g/mol. The molecule has 4 rings (SSSR count). The van der Waals surface area contributed by atoms with Crippen molar-refractivity contribution in [2.24, 2.45) is 0 Å². The fourth-order valence-electron chi connectivity index (χ4n) is 2.57. The van der Waals surface area contributed by atoms with Crippen molar-refractivity contribution in [1.82, 2.24) is 15.0 Å². The molecule has 3 aromatic heterocycles. The van der Waals surface area contributed by atoms with Crippen LogP contribution in [-0.4, -0.2) is 20.9 Å². The summed E-state index contributed by atoms with van der Waals surface area (Å²) in [6.45, 7) is 0. The number of alkyl halides is 3. The predicted octanol–water partition coefficient (Wildman–Crippen LogP) is 5.14. The molecule has 0 bridgehead atoms. The van der Waals surface area contributed by atoms with Crippen molar-refractivity contribution in [1.29, 1.82) is 0 Å². The number of carbonyl (C=O) groups excluding carboxylic acids is 1. The zero-order valence-electron chi connectivity index (χ0n) is 13.8. The van der Waals surface area contributed by atoms with Crippen LogP contribution >= 0.6 is 11.6 Å². The van der Waals surface area contributed by atoms with E-state index >= 15 is 0 Å². The molecule has 0 aliphatic rings. The summed E-state index contributed by atoms with van der Waals surface area (Å²) in [5.74, 6) is -0.107. The number of halogens is 4. The van der Waals surface area contributed by atoms with Crippen LogP contribution in [-0.2, 0) is 6.18 Å². The lowest BCUT2D eigenvalue weighted by Gasteiger charge is -2.07. The molecule has 0 unspecified atom stereocenters. The Kier molecular flexibility index (Phi) is 4.31. The van der Waals surface area contributed by atoms with Gasteiger partial charge in [0, 0.05) is 17.4 Å². The van der Waals surface area contributed by atoms with Gasteiger partial charge < -0.3 is 14.7 Å². The van der Waals surface area contributed by atoms with Gasteiger partial charge >= 0.3 is 6.18 Å². The number of amides is 1. The lowest BCUT2D eigenvalue weighted by molar-refractivity contribution is -0.137. The third kappa shape index (κ3) is 3.44. The number of hydrogen-bond acceptors (Lipinski definition) is 4. The first-order chi connectivity index (χ1) is 13.3. The summed E-state index contributed by atoms with van der Waals surface area (Å²) in [6.07, 6.45) is -2.42. The number of pyridine rings is 1. The van der Waals surface area contributed by atoms with Gasteiger partial charge in [0.15, 0.2) is 11.4 Å². The van der Waals surface area contributed by atoms with Crippen LogP contribution in [0.2, 0.25) is 5.02 Å². The van der Waals surface area contributed by atoms with Crippen LogP contribution in [0.15, 0.2) is 53.3 Å². The Bertz CT molecular complexity index is 1170. The monoisotopic (exact) mass is 406 g/mol. The molecule has 28 heavy (non-hydrogen) atoms. The summed E-state index contributed by atoms with van der Waals surface area (Å²) >= 11 is 6.21. The highest BCUT2D eigenvalue weighted by molar-refractivity contribution is 6.33. The van der Waals surface area contributed by atoms with Crippen LogP contribution in [0.25, 0.3) is 22.6 Å². The number of aromatic nitrogens is 3. The van der Waals surface area contributed by atoms with Gasteiger partial charge in [0.25, 0.3) is 5.91 Å². The standard InChI is InChI=1S/C18H10ClF3N4O2/c19-12-4-3-10(24-17(27)14-2-1-5-28-14)7-11(12)15-25-13-6-9(18(20,21)22)8-23-16(13)26-15/h1-8H,(H,24,27)(H,23,25,26). The fourth-order valence-corrected chi connectivity index (χ4v) is 2.77. The van der Waals surface area contributed by atoms with Gasteiger partial charge in [0.05, 0.1) is 22.4 Å². The molecule has 0 saturated heterocycles. The second-order valence-electron chi connectivity index (χ2n) is 5.80. The minimum atomic E-state index is -4.51. The third-order valence-corrected chi connectivity index (χ3v) is 4.22. The van der Waals surface area contributed by atoms with Crippen molar-refractivity contribution in [3.63, 3.8) is 0 Å². The first kappa shape index (κ1) is 18.1. The zero-order chi connectivity index (χ0) is 19.9. The number of benzene rings is 1. The Balaban J connectivity index is 1.69. The van der Waals surface area contributed by atoms with Gasteiger partial charge in [-0.15, -0.1) is 0 Å². The van der Waals surface area contributed by atoms with Crippen molar-refractivity contribution >= 4 is 34.4 Å². The molecule has 0 aliphatic heterocycles. The first-order valence-corrected chi connectivity index (χ1v) is 8.27. The zero-order valence-corrected chi connectivity index (χ0v) is 14.6. The Morgan fingerprint density at radius 1 is 1.21 bits per heavy atom. The average Bonchev–Trinajstić information content (AvgIpc) is 3.31. The van der Waals surface area contributed by atoms with Crippen molar-refractivity contribution in [2.75, 3.05) is 5.32 Å². The molecular weight excluding hydrogens is 397 g/mol. The smallest absolute Gasteiger partial charge is 0.417 e. The van der Waals surface area contributed by atoms with Crippen LogP contribution in [0.4, 0.5) is 18.9 Å². The van der Waals surface area contributed by atoms with E-state index in [-0.39, 0.29) is 22.7 Å². The van der Waals surface area contributed by atoms with Crippen LogP contribution in [0.1, 0.15) is 16.1 Å². The van der Waals surface area contributed by atoms with E-state index in [0.717, 1.165) is 6.07 Å². The van der Waals surface area contributed by atoms with Gasteiger partial charge in [0.1, 0.15) is 5.82 Å². The molecule has 3 heterocycles. The fraction of sp³-hybridized carbons (Fsp3) is 0.0556. The van der Waals surface area contributed by atoms with Crippen LogP contribution in [0, 0.1) is 0 Å². The number of fused-ring (bicyclic) bond motifs is 1. The summed E-state index contributed by atoms with van der Waals surface area (Å²) < 4.78 is 43.6. The van der Waals surface area contributed by atoms with E-state index in [1.165, 1.54) is 18.4 Å². The summed E-state index contributed by atoms with van der Waals surface area (Å²) in [4.78, 5) is 22.8. The summed E-state index contributed by atoms with van der Waals surface area (Å²) in [5, 5.41) is 2.94. The van der Waals surface area contributed by atoms with Crippen LogP contribution < -0.4 is 5.32 Å². The predicted molar refractivity (Wildman–Crippen MR) is 96.0 cm³/mol. The SMILES string of the molecule is O=C(Nc1ccc(Cl)c(-c2nc3ncc(C(F)(F)F)cc3[nH]2)c1)c1ccco1. The molecule has 0 radical (unpaired) electrons. The van der Waals surface area contributed by atoms with Crippen molar-refractivity contribution in [3.8, 4) is 11.4 Å². The molecular formula is C18H10ClF3N4O2. The number of furan rings is 1. The molecule has 1 amide bonds. The molecule has 0 saturated carbocycles. The molecule has 10 heteroatoms. The molecule has 2 N–H and O–H groups in total. The molecule has 1 aromatic carbocycles. The normalized spacial score (nSPS) is 11.7. The Morgan fingerprint density at radius 3 is 2.75 bits per heavy atom. The molecule has 6 nitrogen and oxygen atoms in total.